The van der Waals surface area contributed by atoms with Crippen molar-refractivity contribution >= 4 is 12.0 Å². The predicted octanol–water partition coefficient (Wildman–Crippen LogP) is 3.00. The summed E-state index contributed by atoms with van der Waals surface area (Å²) in [6.45, 7) is 0. The van der Waals surface area contributed by atoms with Crippen molar-refractivity contribution in [1.82, 2.24) is 5.48 Å². The summed E-state index contributed by atoms with van der Waals surface area (Å²) in [7, 11) is 0. The molecular weight excluding hydrogens is 242 g/mol. The summed E-state index contributed by atoms with van der Waals surface area (Å²) in [6.07, 6.45) is 2.80. The summed E-state index contributed by atoms with van der Waals surface area (Å²) in [6, 6.07) is 16.7. The van der Waals surface area contributed by atoms with Crippen LogP contribution >= 0.6 is 0 Å². The third-order valence-corrected chi connectivity index (χ3v) is 2.41. The van der Waals surface area contributed by atoms with Crippen LogP contribution in [0.25, 0.3) is 6.08 Å². The quantitative estimate of drug-likeness (QED) is 0.501. The number of hydroxylamine groups is 1. The lowest BCUT2D eigenvalue weighted by atomic mass is 10.2. The monoisotopic (exact) mass is 255 g/mol. The second-order valence-electron chi connectivity index (χ2n) is 3.76. The average Bonchev–Trinajstić information content (AvgIpc) is 2.47. The Morgan fingerprint density at radius 1 is 1.05 bits per heavy atom. The fraction of sp³-hybridized carbons (Fsp3) is 0. The maximum atomic E-state index is 11.0. The Morgan fingerprint density at radius 3 is 2.47 bits per heavy atom. The zero-order chi connectivity index (χ0) is 13.5. The fourth-order valence-electron chi connectivity index (χ4n) is 1.53. The molecule has 1 amide bonds. The molecule has 2 aromatic rings. The zero-order valence-corrected chi connectivity index (χ0v) is 10.1. The van der Waals surface area contributed by atoms with Gasteiger partial charge in [0, 0.05) is 11.6 Å². The zero-order valence-electron chi connectivity index (χ0n) is 10.1. The van der Waals surface area contributed by atoms with Crippen LogP contribution in [0, 0.1) is 0 Å². The maximum Gasteiger partial charge on any atom is 0.267 e. The Bertz CT molecular complexity index is 579. The predicted molar refractivity (Wildman–Crippen MR) is 71.9 cm³/mol. The lowest BCUT2D eigenvalue weighted by molar-refractivity contribution is -0.124. The summed E-state index contributed by atoms with van der Waals surface area (Å²) in [5.41, 5.74) is 2.28. The lowest BCUT2D eigenvalue weighted by Gasteiger charge is -2.08. The molecule has 4 heteroatoms. The molecule has 0 spiro atoms. The Labute approximate surface area is 110 Å². The number of carbonyl (C=O) groups is 1. The SMILES string of the molecule is O=C(C=Cc1ccccc1Oc1ccccc1)NO. The van der Waals surface area contributed by atoms with Gasteiger partial charge in [-0.05, 0) is 24.3 Å². The number of carbonyl (C=O) groups excluding carboxylic acids is 1. The fourth-order valence-corrected chi connectivity index (χ4v) is 1.53. The Hall–Kier alpha value is -2.59. The summed E-state index contributed by atoms with van der Waals surface area (Å²) in [5, 5.41) is 8.44. The minimum atomic E-state index is -0.588. The van der Waals surface area contributed by atoms with Gasteiger partial charge < -0.3 is 4.74 Å². The van der Waals surface area contributed by atoms with Gasteiger partial charge in [-0.25, -0.2) is 5.48 Å². The molecular formula is C15H13NO3. The molecule has 0 aliphatic carbocycles. The topological polar surface area (TPSA) is 58.6 Å². The Morgan fingerprint density at radius 2 is 1.74 bits per heavy atom. The van der Waals surface area contributed by atoms with E-state index < -0.39 is 5.91 Å². The highest BCUT2D eigenvalue weighted by Gasteiger charge is 2.02. The first kappa shape index (κ1) is 12.9. The Balaban J connectivity index is 2.21. The van der Waals surface area contributed by atoms with Crippen LogP contribution in [0.1, 0.15) is 5.56 Å². The maximum absolute atomic E-state index is 11.0. The van der Waals surface area contributed by atoms with Gasteiger partial charge in [0.15, 0.2) is 0 Å². The van der Waals surface area contributed by atoms with Gasteiger partial charge in [0.1, 0.15) is 11.5 Å². The molecule has 96 valence electrons. The van der Waals surface area contributed by atoms with Gasteiger partial charge in [0.2, 0.25) is 0 Å². The van der Waals surface area contributed by atoms with E-state index in [1.165, 1.54) is 11.6 Å². The minimum Gasteiger partial charge on any atom is -0.457 e. The van der Waals surface area contributed by atoms with Gasteiger partial charge in [-0.2, -0.15) is 0 Å². The summed E-state index contributed by atoms with van der Waals surface area (Å²) in [4.78, 5) is 11.0. The van der Waals surface area contributed by atoms with Crippen LogP contribution in [0.5, 0.6) is 11.5 Å². The van der Waals surface area contributed by atoms with Crippen LogP contribution in [-0.2, 0) is 4.79 Å². The van der Waals surface area contributed by atoms with E-state index in [0.29, 0.717) is 5.75 Å². The standard InChI is InChI=1S/C15H13NO3/c17-15(16-18)11-10-12-6-4-5-9-14(12)19-13-7-2-1-3-8-13/h1-11,18H,(H,16,17). The molecule has 4 nitrogen and oxygen atoms in total. The van der Waals surface area contributed by atoms with Crippen LogP contribution < -0.4 is 10.2 Å². The van der Waals surface area contributed by atoms with Crippen molar-refractivity contribution < 1.29 is 14.7 Å². The third kappa shape index (κ3) is 3.69. The van der Waals surface area contributed by atoms with Gasteiger partial charge in [-0.15, -0.1) is 0 Å². The molecule has 0 saturated heterocycles. The number of hydrogen-bond acceptors (Lipinski definition) is 3. The summed E-state index contributed by atoms with van der Waals surface area (Å²) >= 11 is 0. The van der Waals surface area contributed by atoms with Crippen molar-refractivity contribution in [2.45, 2.75) is 0 Å². The van der Waals surface area contributed by atoms with Gasteiger partial charge in [0.05, 0.1) is 0 Å². The van der Waals surface area contributed by atoms with E-state index in [4.69, 9.17) is 9.94 Å². The normalized spacial score (nSPS) is 10.4. The van der Waals surface area contributed by atoms with Crippen molar-refractivity contribution in [3.63, 3.8) is 0 Å². The van der Waals surface area contributed by atoms with E-state index in [-0.39, 0.29) is 0 Å². The highest BCUT2D eigenvalue weighted by atomic mass is 16.5. The van der Waals surface area contributed by atoms with Crippen molar-refractivity contribution in [2.75, 3.05) is 0 Å². The molecule has 0 aromatic heterocycles. The summed E-state index contributed by atoms with van der Waals surface area (Å²) in [5.74, 6) is 0.764. The van der Waals surface area contributed by atoms with Crippen LogP contribution in [0.3, 0.4) is 0 Å². The van der Waals surface area contributed by atoms with Crippen LogP contribution in [0.4, 0.5) is 0 Å². The molecule has 0 aliphatic rings. The molecule has 0 heterocycles. The number of hydrogen-bond donors (Lipinski definition) is 2. The molecule has 0 saturated carbocycles. The van der Waals surface area contributed by atoms with E-state index in [0.717, 1.165) is 11.3 Å². The number of para-hydroxylation sites is 2. The van der Waals surface area contributed by atoms with Gasteiger partial charge in [-0.1, -0.05) is 36.4 Å². The highest BCUT2D eigenvalue weighted by molar-refractivity contribution is 5.91. The first-order valence-electron chi connectivity index (χ1n) is 5.73. The number of benzene rings is 2. The molecule has 2 N–H and O–H groups in total. The molecule has 19 heavy (non-hydrogen) atoms. The van der Waals surface area contributed by atoms with Crippen LogP contribution in [-0.4, -0.2) is 11.1 Å². The highest BCUT2D eigenvalue weighted by Crippen LogP contribution is 2.25. The molecule has 0 fully saturated rings. The third-order valence-electron chi connectivity index (χ3n) is 2.41. The molecule has 0 unspecified atom stereocenters. The van der Waals surface area contributed by atoms with Crippen molar-refractivity contribution in [3.8, 4) is 11.5 Å². The molecule has 2 aromatic carbocycles. The second kappa shape index (κ2) is 6.37. The molecule has 0 aliphatic heterocycles. The van der Waals surface area contributed by atoms with E-state index in [1.807, 2.05) is 54.6 Å². The van der Waals surface area contributed by atoms with Crippen LogP contribution in [0.15, 0.2) is 60.7 Å². The van der Waals surface area contributed by atoms with Crippen molar-refractivity contribution in [1.29, 1.82) is 0 Å². The number of rotatable bonds is 4. The van der Waals surface area contributed by atoms with E-state index in [2.05, 4.69) is 0 Å². The lowest BCUT2D eigenvalue weighted by Crippen LogP contribution is -2.14. The first-order chi connectivity index (χ1) is 9.29. The number of ether oxygens (including phenoxy) is 1. The van der Waals surface area contributed by atoms with Gasteiger partial charge in [-0.3, -0.25) is 10.0 Å². The molecule has 0 bridgehead atoms. The van der Waals surface area contributed by atoms with E-state index >= 15 is 0 Å². The molecule has 0 radical (unpaired) electrons. The minimum absolute atomic E-state index is 0.588. The van der Waals surface area contributed by atoms with E-state index in [9.17, 15) is 4.79 Å². The number of nitrogens with one attached hydrogen (secondary N) is 1. The van der Waals surface area contributed by atoms with Gasteiger partial charge in [0.25, 0.3) is 5.91 Å². The number of amides is 1. The Kier molecular flexibility index (Phi) is 4.31. The molecule has 2 rings (SSSR count). The first-order valence-corrected chi connectivity index (χ1v) is 5.73. The molecule has 0 atom stereocenters. The van der Waals surface area contributed by atoms with Gasteiger partial charge >= 0.3 is 0 Å². The second-order valence-corrected chi connectivity index (χ2v) is 3.76. The van der Waals surface area contributed by atoms with Crippen molar-refractivity contribution in [3.05, 3.63) is 66.2 Å². The average molecular weight is 255 g/mol. The summed E-state index contributed by atoms with van der Waals surface area (Å²) < 4.78 is 5.73. The van der Waals surface area contributed by atoms with Crippen molar-refractivity contribution in [2.24, 2.45) is 0 Å². The van der Waals surface area contributed by atoms with Crippen LogP contribution in [0.2, 0.25) is 0 Å². The smallest absolute Gasteiger partial charge is 0.267 e. The van der Waals surface area contributed by atoms with E-state index in [1.54, 1.807) is 6.08 Å². The largest absolute Gasteiger partial charge is 0.457 e.